The van der Waals surface area contributed by atoms with Crippen molar-refractivity contribution in [2.45, 2.75) is 0 Å². The van der Waals surface area contributed by atoms with Crippen molar-refractivity contribution in [1.29, 1.82) is 5.41 Å². The molecule has 0 saturated heterocycles. The lowest BCUT2D eigenvalue weighted by Gasteiger charge is -1.93. The molecule has 0 radical (unpaired) electrons. The molecule has 0 atom stereocenters. The Morgan fingerprint density at radius 2 is 2.23 bits per heavy atom. The molecule has 4 heteroatoms. The van der Waals surface area contributed by atoms with E-state index in [1.165, 1.54) is 0 Å². The van der Waals surface area contributed by atoms with Crippen molar-refractivity contribution in [3.8, 4) is 5.88 Å². The average molecular weight is 175 g/mol. The minimum absolute atomic E-state index is 0.00981. The molecule has 0 bridgehead atoms. The minimum Gasteiger partial charge on any atom is -0.494 e. The molecule has 0 saturated carbocycles. The normalized spacial score (nSPS) is 10.5. The highest BCUT2D eigenvalue weighted by Gasteiger charge is 2.07. The van der Waals surface area contributed by atoms with Gasteiger partial charge in [0.25, 0.3) is 0 Å². The number of anilines is 1. The molecule has 5 N–H and O–H groups in total. The van der Waals surface area contributed by atoms with Gasteiger partial charge >= 0.3 is 0 Å². The van der Waals surface area contributed by atoms with E-state index in [4.69, 9.17) is 11.1 Å². The molecule has 2 rings (SSSR count). The van der Waals surface area contributed by atoms with E-state index in [0.29, 0.717) is 11.3 Å². The van der Waals surface area contributed by atoms with Crippen LogP contribution in [0.25, 0.3) is 10.9 Å². The Morgan fingerprint density at radius 3 is 2.92 bits per heavy atom. The van der Waals surface area contributed by atoms with Gasteiger partial charge in [0.15, 0.2) is 5.88 Å². The molecule has 0 amide bonds. The number of rotatable bonds is 1. The summed E-state index contributed by atoms with van der Waals surface area (Å²) in [7, 11) is 0. The molecule has 13 heavy (non-hydrogen) atoms. The zero-order chi connectivity index (χ0) is 9.42. The number of nitrogens with one attached hydrogen (secondary N) is 2. The van der Waals surface area contributed by atoms with Gasteiger partial charge in [-0.05, 0) is 18.2 Å². The second-order valence-corrected chi connectivity index (χ2v) is 2.84. The number of fused-ring (bicyclic) bond motifs is 1. The first kappa shape index (κ1) is 7.67. The van der Waals surface area contributed by atoms with Gasteiger partial charge in [-0.1, -0.05) is 0 Å². The van der Waals surface area contributed by atoms with Crippen LogP contribution in [0.4, 0.5) is 5.69 Å². The van der Waals surface area contributed by atoms with E-state index in [0.717, 1.165) is 17.1 Å². The summed E-state index contributed by atoms with van der Waals surface area (Å²) in [5.74, 6) is 0.00981. The number of H-pyrrole nitrogens is 1. The van der Waals surface area contributed by atoms with Gasteiger partial charge in [0.1, 0.15) is 0 Å². The van der Waals surface area contributed by atoms with Gasteiger partial charge in [-0.2, -0.15) is 0 Å². The molecule has 0 aliphatic heterocycles. The van der Waals surface area contributed by atoms with Crippen molar-refractivity contribution in [3.63, 3.8) is 0 Å². The van der Waals surface area contributed by atoms with Crippen LogP contribution in [0.15, 0.2) is 18.2 Å². The third-order valence-electron chi connectivity index (χ3n) is 1.99. The van der Waals surface area contributed by atoms with Crippen LogP contribution in [0.1, 0.15) is 5.56 Å². The molecule has 2 aromatic rings. The number of aromatic amines is 1. The molecule has 66 valence electrons. The van der Waals surface area contributed by atoms with Crippen LogP contribution in [0.2, 0.25) is 0 Å². The maximum atomic E-state index is 9.38. The molecule has 1 heterocycles. The topological polar surface area (TPSA) is 85.9 Å². The summed E-state index contributed by atoms with van der Waals surface area (Å²) in [6, 6.07) is 5.25. The number of hydrogen-bond donors (Lipinski definition) is 4. The monoisotopic (exact) mass is 175 g/mol. The van der Waals surface area contributed by atoms with Gasteiger partial charge in [-0.25, -0.2) is 0 Å². The van der Waals surface area contributed by atoms with Gasteiger partial charge < -0.3 is 21.2 Å². The fourth-order valence-corrected chi connectivity index (χ4v) is 1.36. The number of benzene rings is 1. The summed E-state index contributed by atoms with van der Waals surface area (Å²) in [5.41, 5.74) is 7.46. The zero-order valence-electron chi connectivity index (χ0n) is 6.83. The first-order valence-corrected chi connectivity index (χ1v) is 3.83. The van der Waals surface area contributed by atoms with Gasteiger partial charge in [0, 0.05) is 22.8 Å². The zero-order valence-corrected chi connectivity index (χ0v) is 6.83. The van der Waals surface area contributed by atoms with Gasteiger partial charge in [0.05, 0.1) is 5.56 Å². The second kappa shape index (κ2) is 2.52. The van der Waals surface area contributed by atoms with Crippen LogP contribution >= 0.6 is 0 Å². The summed E-state index contributed by atoms with van der Waals surface area (Å²) in [6.45, 7) is 0. The Kier molecular flexibility index (Phi) is 1.48. The Balaban J connectivity index is 2.88. The van der Waals surface area contributed by atoms with E-state index in [1.54, 1.807) is 18.2 Å². The fourth-order valence-electron chi connectivity index (χ4n) is 1.36. The van der Waals surface area contributed by atoms with Crippen LogP contribution in [0.5, 0.6) is 5.88 Å². The molecule has 1 aromatic heterocycles. The molecular weight excluding hydrogens is 166 g/mol. The van der Waals surface area contributed by atoms with Crippen LogP contribution in [-0.4, -0.2) is 16.3 Å². The van der Waals surface area contributed by atoms with Crippen molar-refractivity contribution < 1.29 is 5.11 Å². The third kappa shape index (κ3) is 1.03. The molecular formula is C9H9N3O. The molecule has 0 aliphatic rings. The van der Waals surface area contributed by atoms with E-state index in [1.807, 2.05) is 0 Å². The van der Waals surface area contributed by atoms with Gasteiger partial charge in [-0.15, -0.1) is 0 Å². The highest BCUT2D eigenvalue weighted by molar-refractivity contribution is 6.01. The number of nitrogen functional groups attached to an aromatic ring is 1. The molecule has 0 unspecified atom stereocenters. The Labute approximate surface area is 74.5 Å². The summed E-state index contributed by atoms with van der Waals surface area (Å²) >= 11 is 0. The van der Waals surface area contributed by atoms with Crippen molar-refractivity contribution in [1.82, 2.24) is 4.98 Å². The largest absolute Gasteiger partial charge is 0.494 e. The maximum Gasteiger partial charge on any atom is 0.198 e. The lowest BCUT2D eigenvalue weighted by atomic mass is 10.1. The number of aromatic hydroxyl groups is 1. The summed E-state index contributed by atoms with van der Waals surface area (Å²) in [6.07, 6.45) is 1.10. The number of nitrogens with two attached hydrogens (primary N) is 1. The Hall–Kier alpha value is -1.97. The fraction of sp³-hybridized carbons (Fsp3) is 0. The Morgan fingerprint density at radius 1 is 1.46 bits per heavy atom. The first-order chi connectivity index (χ1) is 6.22. The smallest absolute Gasteiger partial charge is 0.198 e. The third-order valence-corrected chi connectivity index (χ3v) is 1.99. The number of aromatic nitrogens is 1. The van der Waals surface area contributed by atoms with Crippen LogP contribution in [-0.2, 0) is 0 Å². The molecule has 0 spiro atoms. The summed E-state index contributed by atoms with van der Waals surface area (Å²) in [4.78, 5) is 2.75. The minimum atomic E-state index is 0.00981. The SMILES string of the molecule is N=Cc1c(O)[nH]c2ccc(N)cc12. The average Bonchev–Trinajstić information content (AvgIpc) is 2.40. The summed E-state index contributed by atoms with van der Waals surface area (Å²) in [5, 5.41) is 17.3. The van der Waals surface area contributed by atoms with Gasteiger partial charge in [0.2, 0.25) is 0 Å². The quantitative estimate of drug-likeness (QED) is 0.390. The standard InChI is InChI=1S/C9H9N3O/c10-4-7-6-3-5(11)1-2-8(6)12-9(7)13/h1-4,10,12-13H,11H2. The van der Waals surface area contributed by atoms with Crippen molar-refractivity contribution in [2.24, 2.45) is 0 Å². The van der Waals surface area contributed by atoms with E-state index in [2.05, 4.69) is 4.98 Å². The van der Waals surface area contributed by atoms with E-state index in [9.17, 15) is 5.11 Å². The van der Waals surface area contributed by atoms with Crippen LogP contribution in [0, 0.1) is 5.41 Å². The van der Waals surface area contributed by atoms with Crippen molar-refractivity contribution >= 4 is 22.8 Å². The molecule has 0 fully saturated rings. The van der Waals surface area contributed by atoms with Gasteiger partial charge in [-0.3, -0.25) is 0 Å². The molecule has 1 aromatic carbocycles. The van der Waals surface area contributed by atoms with Crippen molar-refractivity contribution in [2.75, 3.05) is 5.73 Å². The lowest BCUT2D eigenvalue weighted by Crippen LogP contribution is -1.83. The molecule has 0 aliphatic carbocycles. The van der Waals surface area contributed by atoms with E-state index < -0.39 is 0 Å². The van der Waals surface area contributed by atoms with Crippen LogP contribution < -0.4 is 5.73 Å². The number of hydrogen-bond acceptors (Lipinski definition) is 3. The lowest BCUT2D eigenvalue weighted by molar-refractivity contribution is 0.457. The second-order valence-electron chi connectivity index (χ2n) is 2.84. The highest BCUT2D eigenvalue weighted by atomic mass is 16.3. The predicted octanol–water partition coefficient (Wildman–Crippen LogP) is 1.45. The Bertz CT molecular complexity index is 473. The van der Waals surface area contributed by atoms with Crippen LogP contribution in [0.3, 0.4) is 0 Å². The van der Waals surface area contributed by atoms with E-state index >= 15 is 0 Å². The van der Waals surface area contributed by atoms with Crippen molar-refractivity contribution in [3.05, 3.63) is 23.8 Å². The maximum absolute atomic E-state index is 9.38. The highest BCUT2D eigenvalue weighted by Crippen LogP contribution is 2.26. The first-order valence-electron chi connectivity index (χ1n) is 3.83. The summed E-state index contributed by atoms with van der Waals surface area (Å²) < 4.78 is 0. The van der Waals surface area contributed by atoms with E-state index in [-0.39, 0.29) is 5.88 Å². The predicted molar refractivity (Wildman–Crippen MR) is 52.3 cm³/mol. The molecule has 4 nitrogen and oxygen atoms in total.